The largest absolute Gasteiger partial charge is 0.511 e. The number of carbonyl (C=O) groups excluding carboxylic acids is 1. The van der Waals surface area contributed by atoms with Crippen molar-refractivity contribution in [2.75, 3.05) is 12.4 Å². The maximum Gasteiger partial charge on any atom is 0.168 e. The number of Topliss-reactive ketones (excluding diaryl/α,β-unsaturated/α-hetero) is 1. The van der Waals surface area contributed by atoms with E-state index in [1.165, 1.54) is 23.4 Å². The Bertz CT molecular complexity index is 796. The Labute approximate surface area is 172 Å². The zero-order valence-electron chi connectivity index (χ0n) is 15.5. The van der Waals surface area contributed by atoms with Crippen LogP contribution in [-0.2, 0) is 9.63 Å². The molecular weight excluding hydrogens is 408 g/mol. The number of carbonyl (C=O) groups is 1. The van der Waals surface area contributed by atoms with Gasteiger partial charge in [0.15, 0.2) is 17.4 Å². The first-order chi connectivity index (χ1) is 13.5. The number of ketones is 1. The van der Waals surface area contributed by atoms with Crippen molar-refractivity contribution < 1.29 is 23.5 Å². The lowest BCUT2D eigenvalue weighted by Gasteiger charge is -2.23. The molecule has 1 aromatic rings. The minimum absolute atomic E-state index is 0.00717. The first-order valence-corrected chi connectivity index (χ1v) is 10.4. The highest BCUT2D eigenvalue weighted by molar-refractivity contribution is 7.99. The molecule has 1 aliphatic rings. The SMILES string of the molecule is CCC(=NOCC=CCl)C1=C(O)CC(CCSc2ccc(F)c(F)c2)CC1=O. The second-order valence-electron chi connectivity index (χ2n) is 6.28. The first-order valence-electron chi connectivity index (χ1n) is 8.93. The topological polar surface area (TPSA) is 58.9 Å². The van der Waals surface area contributed by atoms with Crippen LogP contribution in [-0.4, -0.2) is 29.0 Å². The number of aliphatic hydroxyl groups is 1. The van der Waals surface area contributed by atoms with Gasteiger partial charge in [-0.05, 0) is 48.8 Å². The van der Waals surface area contributed by atoms with Gasteiger partial charge in [0.1, 0.15) is 12.4 Å². The van der Waals surface area contributed by atoms with Crippen molar-refractivity contribution >= 4 is 34.9 Å². The second-order valence-corrected chi connectivity index (χ2v) is 7.70. The summed E-state index contributed by atoms with van der Waals surface area (Å²) >= 11 is 6.80. The molecule has 1 atom stereocenters. The fourth-order valence-electron chi connectivity index (χ4n) is 2.90. The number of halogens is 3. The molecule has 0 aromatic heterocycles. The van der Waals surface area contributed by atoms with Crippen molar-refractivity contribution in [3.63, 3.8) is 0 Å². The zero-order valence-corrected chi connectivity index (χ0v) is 17.0. The Balaban J connectivity index is 1.94. The van der Waals surface area contributed by atoms with E-state index in [9.17, 15) is 18.7 Å². The number of nitrogens with zero attached hydrogens (tertiary/aromatic N) is 1. The molecule has 0 fully saturated rings. The van der Waals surface area contributed by atoms with Crippen LogP contribution in [0, 0.1) is 17.6 Å². The molecule has 8 heteroatoms. The molecule has 1 unspecified atom stereocenters. The van der Waals surface area contributed by atoms with Gasteiger partial charge in [0.2, 0.25) is 0 Å². The van der Waals surface area contributed by atoms with Crippen LogP contribution in [0.5, 0.6) is 0 Å². The van der Waals surface area contributed by atoms with Crippen LogP contribution in [0.3, 0.4) is 0 Å². The molecule has 28 heavy (non-hydrogen) atoms. The monoisotopic (exact) mass is 429 g/mol. The second kappa shape index (κ2) is 11.2. The van der Waals surface area contributed by atoms with E-state index in [4.69, 9.17) is 16.4 Å². The van der Waals surface area contributed by atoms with Crippen molar-refractivity contribution in [1.29, 1.82) is 0 Å². The number of oxime groups is 1. The molecule has 0 spiro atoms. The molecule has 0 radical (unpaired) electrons. The summed E-state index contributed by atoms with van der Waals surface area (Å²) in [4.78, 5) is 18.3. The molecule has 4 nitrogen and oxygen atoms in total. The number of allylic oxidation sites excluding steroid dienone is 2. The van der Waals surface area contributed by atoms with Crippen LogP contribution >= 0.6 is 23.4 Å². The van der Waals surface area contributed by atoms with Crippen molar-refractivity contribution in [3.05, 3.63) is 52.8 Å². The van der Waals surface area contributed by atoms with Gasteiger partial charge in [0.25, 0.3) is 0 Å². The van der Waals surface area contributed by atoms with Crippen LogP contribution in [0.25, 0.3) is 0 Å². The van der Waals surface area contributed by atoms with E-state index in [2.05, 4.69) is 5.16 Å². The highest BCUT2D eigenvalue weighted by Crippen LogP contribution is 2.31. The summed E-state index contributed by atoms with van der Waals surface area (Å²) < 4.78 is 26.2. The van der Waals surface area contributed by atoms with E-state index in [1.54, 1.807) is 6.08 Å². The van der Waals surface area contributed by atoms with Gasteiger partial charge in [-0.2, -0.15) is 0 Å². The molecule has 152 valence electrons. The average Bonchev–Trinajstić information content (AvgIpc) is 2.66. The molecule has 2 rings (SSSR count). The van der Waals surface area contributed by atoms with Gasteiger partial charge in [-0.25, -0.2) is 8.78 Å². The molecule has 1 N–H and O–H groups in total. The normalized spacial score (nSPS) is 18.2. The van der Waals surface area contributed by atoms with Crippen LogP contribution in [0.15, 0.2) is 51.2 Å². The summed E-state index contributed by atoms with van der Waals surface area (Å²) in [6.07, 6.45) is 3.36. The number of aliphatic hydroxyl groups excluding tert-OH is 1. The van der Waals surface area contributed by atoms with E-state index in [-0.39, 0.29) is 29.6 Å². The standard InChI is InChI=1S/C20H22ClF2NO3S/c1-2-17(24-27-8-3-7-21)20-18(25)10-13(11-19(20)26)6-9-28-14-4-5-15(22)16(23)12-14/h3-5,7,12-13,25H,2,6,8-11H2,1H3. The molecule has 0 heterocycles. The van der Waals surface area contributed by atoms with Gasteiger partial charge in [0, 0.05) is 23.3 Å². The quantitative estimate of drug-likeness (QED) is 0.234. The van der Waals surface area contributed by atoms with Crippen molar-refractivity contribution in [2.24, 2.45) is 11.1 Å². The van der Waals surface area contributed by atoms with Crippen LogP contribution in [0.2, 0.25) is 0 Å². The minimum Gasteiger partial charge on any atom is -0.511 e. The maximum atomic E-state index is 13.2. The maximum absolute atomic E-state index is 13.2. The fourth-order valence-corrected chi connectivity index (χ4v) is 4.01. The minimum atomic E-state index is -0.877. The van der Waals surface area contributed by atoms with E-state index >= 15 is 0 Å². The molecule has 0 amide bonds. The predicted molar refractivity (Wildman–Crippen MR) is 108 cm³/mol. The van der Waals surface area contributed by atoms with Gasteiger partial charge >= 0.3 is 0 Å². The number of rotatable bonds is 9. The highest BCUT2D eigenvalue weighted by atomic mass is 35.5. The van der Waals surface area contributed by atoms with Gasteiger partial charge in [-0.1, -0.05) is 23.7 Å². The predicted octanol–water partition coefficient (Wildman–Crippen LogP) is 5.77. The number of hydrogen-bond acceptors (Lipinski definition) is 5. The smallest absolute Gasteiger partial charge is 0.168 e. The lowest BCUT2D eigenvalue weighted by molar-refractivity contribution is -0.116. The third-order valence-electron chi connectivity index (χ3n) is 4.27. The summed E-state index contributed by atoms with van der Waals surface area (Å²) in [5.41, 5.74) is 1.97. The molecule has 0 saturated carbocycles. The van der Waals surface area contributed by atoms with Gasteiger partial charge in [-0.3, -0.25) is 4.79 Å². The fraction of sp³-hybridized carbons (Fsp3) is 0.400. The van der Waals surface area contributed by atoms with Crippen molar-refractivity contribution in [2.45, 2.75) is 37.5 Å². The summed E-state index contributed by atoms with van der Waals surface area (Å²) in [5.74, 6) is -1.26. The molecule has 1 aliphatic carbocycles. The Kier molecular flexibility index (Phi) is 8.99. The summed E-state index contributed by atoms with van der Waals surface area (Å²) in [7, 11) is 0. The zero-order chi connectivity index (χ0) is 20.5. The lowest BCUT2D eigenvalue weighted by atomic mass is 9.83. The molecule has 0 aliphatic heterocycles. The van der Waals surface area contributed by atoms with Gasteiger partial charge in [0.05, 0.1) is 11.3 Å². The third kappa shape index (κ3) is 6.34. The van der Waals surface area contributed by atoms with E-state index in [0.717, 1.165) is 12.1 Å². The van der Waals surface area contributed by atoms with Gasteiger partial charge < -0.3 is 9.94 Å². The van der Waals surface area contributed by atoms with Crippen molar-refractivity contribution in [3.8, 4) is 0 Å². The molecule has 0 bridgehead atoms. The Morgan fingerprint density at radius 1 is 1.39 bits per heavy atom. The molecule has 1 aromatic carbocycles. The van der Waals surface area contributed by atoms with Crippen LogP contribution < -0.4 is 0 Å². The summed E-state index contributed by atoms with van der Waals surface area (Å²) in [5, 5.41) is 14.3. The Hall–Kier alpha value is -1.86. The summed E-state index contributed by atoms with van der Waals surface area (Å²) in [6, 6.07) is 3.78. The first kappa shape index (κ1) is 22.4. The molecular formula is C20H22ClF2NO3S. The highest BCUT2D eigenvalue weighted by Gasteiger charge is 2.30. The number of benzene rings is 1. The summed E-state index contributed by atoms with van der Waals surface area (Å²) in [6.45, 7) is 2.01. The number of hydrogen-bond donors (Lipinski definition) is 1. The van der Waals surface area contributed by atoms with Gasteiger partial charge in [-0.15, -0.1) is 11.8 Å². The average molecular weight is 430 g/mol. The Morgan fingerprint density at radius 3 is 2.82 bits per heavy atom. The van der Waals surface area contributed by atoms with E-state index in [0.29, 0.717) is 42.0 Å². The molecule has 0 saturated heterocycles. The van der Waals surface area contributed by atoms with Crippen molar-refractivity contribution in [1.82, 2.24) is 0 Å². The van der Waals surface area contributed by atoms with E-state index < -0.39 is 11.6 Å². The number of thioether (sulfide) groups is 1. The third-order valence-corrected chi connectivity index (χ3v) is 5.47. The van der Waals surface area contributed by atoms with Crippen LogP contribution in [0.1, 0.15) is 32.6 Å². The van der Waals surface area contributed by atoms with Crippen LogP contribution in [0.4, 0.5) is 8.78 Å². The lowest BCUT2D eigenvalue weighted by Crippen LogP contribution is -2.25. The van der Waals surface area contributed by atoms with E-state index in [1.807, 2.05) is 6.92 Å². The Morgan fingerprint density at radius 2 is 2.18 bits per heavy atom.